The molecule has 19 nitrogen and oxygen atoms in total. The number of phenols is 1. The van der Waals surface area contributed by atoms with E-state index < -0.39 is 73.4 Å². The van der Waals surface area contributed by atoms with Gasteiger partial charge in [0.15, 0.2) is 0 Å². The van der Waals surface area contributed by atoms with Crippen LogP contribution in [0, 0.1) is 0 Å². The van der Waals surface area contributed by atoms with Crippen LogP contribution in [-0.2, 0) is 30.4 Å². The van der Waals surface area contributed by atoms with Gasteiger partial charge in [-0.3, -0.25) is 23.4 Å². The molecule has 51 heavy (non-hydrogen) atoms. The van der Waals surface area contributed by atoms with Crippen molar-refractivity contribution in [1.29, 1.82) is 0 Å². The highest BCUT2D eigenvalue weighted by Crippen LogP contribution is 2.41. The van der Waals surface area contributed by atoms with Gasteiger partial charge in [-0.2, -0.15) is 25.3 Å². The minimum atomic E-state index is -5.05. The van der Waals surface area contributed by atoms with Crippen molar-refractivity contribution in [2.45, 2.75) is 14.7 Å². The molecule has 0 radical (unpaired) electrons. The standard InChI is InChI=1S/C29H25N7O12S3/c30-20-11-17-13(7-24(20)50(43,44)45)8-25(51(46,47)48)26(27(17)37)32-12-31-21-5-6-23(16-3-2-15(10-18(16)21)49(40,41)42)36-35-14-1-4-22-19(9-14)28(38)34-29(39)33-22/h1-11,31-32,35-37H,12,30H2,(H,40,41,42)(H,43,44,45)(H,46,47,48)(H2,33,34,38,39). The van der Waals surface area contributed by atoms with E-state index in [0.717, 1.165) is 30.3 Å². The number of nitrogen functional groups attached to an aromatic ring is 1. The summed E-state index contributed by atoms with van der Waals surface area (Å²) < 4.78 is 101. The molecule has 0 amide bonds. The van der Waals surface area contributed by atoms with Crippen LogP contribution < -0.4 is 38.5 Å². The van der Waals surface area contributed by atoms with Crippen LogP contribution in [0.1, 0.15) is 0 Å². The molecule has 0 fully saturated rings. The second-order valence-corrected chi connectivity index (χ2v) is 15.2. The van der Waals surface area contributed by atoms with Crippen LogP contribution in [0.2, 0.25) is 0 Å². The third-order valence-corrected chi connectivity index (χ3v) is 10.3. The molecular weight excluding hydrogens is 735 g/mol. The fraction of sp³-hybridized carbons (Fsp3) is 0.0345. The molecule has 12 N–H and O–H groups in total. The molecule has 0 spiro atoms. The number of nitrogens with one attached hydrogen (secondary N) is 6. The maximum atomic E-state index is 12.3. The number of fused-ring (bicyclic) bond motifs is 3. The van der Waals surface area contributed by atoms with Crippen molar-refractivity contribution in [1.82, 2.24) is 9.97 Å². The zero-order valence-electron chi connectivity index (χ0n) is 25.4. The number of aromatic nitrogens is 2. The fourth-order valence-electron chi connectivity index (χ4n) is 5.36. The number of H-pyrrole nitrogens is 2. The summed E-state index contributed by atoms with van der Waals surface area (Å²) >= 11 is 0. The summed E-state index contributed by atoms with van der Waals surface area (Å²) in [7, 11) is -14.5. The van der Waals surface area contributed by atoms with Crippen LogP contribution in [0.4, 0.5) is 28.4 Å². The number of rotatable bonds is 10. The largest absolute Gasteiger partial charge is 0.505 e. The van der Waals surface area contributed by atoms with E-state index in [1.165, 1.54) is 24.3 Å². The van der Waals surface area contributed by atoms with E-state index in [1.807, 2.05) is 0 Å². The Labute approximate surface area is 286 Å². The van der Waals surface area contributed by atoms with E-state index in [4.69, 9.17) is 5.73 Å². The first-order chi connectivity index (χ1) is 23.8. The van der Waals surface area contributed by atoms with Crippen LogP contribution in [0.5, 0.6) is 5.75 Å². The Morgan fingerprint density at radius 2 is 1.33 bits per heavy atom. The van der Waals surface area contributed by atoms with Crippen molar-refractivity contribution in [3.63, 3.8) is 0 Å². The maximum Gasteiger partial charge on any atom is 0.326 e. The molecule has 0 aliphatic heterocycles. The summed E-state index contributed by atoms with van der Waals surface area (Å²) in [5.74, 6) is -0.748. The number of anilines is 5. The highest BCUT2D eigenvalue weighted by molar-refractivity contribution is 7.86. The summed E-state index contributed by atoms with van der Waals surface area (Å²) in [5, 5.41) is 17.0. The van der Waals surface area contributed by atoms with E-state index in [1.54, 1.807) is 12.1 Å². The molecule has 0 aliphatic rings. The molecule has 5 aromatic carbocycles. The second kappa shape index (κ2) is 12.4. The first kappa shape index (κ1) is 34.9. The monoisotopic (exact) mass is 759 g/mol. The summed E-state index contributed by atoms with van der Waals surface area (Å²) in [6.07, 6.45) is 0. The lowest BCUT2D eigenvalue weighted by atomic mass is 10.1. The Hall–Kier alpha value is -5.91. The minimum absolute atomic E-state index is 0.134. The summed E-state index contributed by atoms with van der Waals surface area (Å²) in [5.41, 5.74) is 10.7. The van der Waals surface area contributed by atoms with E-state index in [-0.39, 0.29) is 33.9 Å². The molecule has 0 bridgehead atoms. The summed E-state index contributed by atoms with van der Waals surface area (Å²) in [6, 6.07) is 14.0. The Morgan fingerprint density at radius 3 is 2.02 bits per heavy atom. The summed E-state index contributed by atoms with van der Waals surface area (Å²) in [6.45, 7) is -0.371. The maximum absolute atomic E-state index is 12.3. The molecule has 0 atom stereocenters. The number of benzene rings is 5. The Bertz CT molecular complexity index is 2890. The molecule has 0 saturated heterocycles. The molecule has 0 unspecified atom stereocenters. The Kier molecular flexibility index (Phi) is 8.53. The number of hydrogen-bond acceptors (Lipinski definition) is 14. The minimum Gasteiger partial charge on any atom is -0.505 e. The topological polar surface area (TPSA) is 323 Å². The quantitative estimate of drug-likeness (QED) is 0.0314. The molecule has 22 heteroatoms. The van der Waals surface area contributed by atoms with Gasteiger partial charge in [-0.1, -0.05) is 6.07 Å². The van der Waals surface area contributed by atoms with Crippen LogP contribution in [0.25, 0.3) is 32.4 Å². The smallest absolute Gasteiger partial charge is 0.326 e. The van der Waals surface area contributed by atoms with Crippen LogP contribution in [0.3, 0.4) is 0 Å². The Morgan fingerprint density at radius 1 is 0.647 bits per heavy atom. The molecule has 266 valence electrons. The number of nitrogens with two attached hydrogens (primary N) is 1. The second-order valence-electron chi connectivity index (χ2n) is 11.0. The number of hydrogen-bond donors (Lipinski definition) is 11. The fourth-order valence-corrected chi connectivity index (χ4v) is 7.20. The highest BCUT2D eigenvalue weighted by Gasteiger charge is 2.24. The number of aromatic amines is 2. The highest BCUT2D eigenvalue weighted by atomic mass is 32.2. The molecular formula is C29H25N7O12S3. The average molecular weight is 760 g/mol. The van der Waals surface area contributed by atoms with Gasteiger partial charge in [0.2, 0.25) is 0 Å². The van der Waals surface area contributed by atoms with Crippen molar-refractivity contribution in [2.24, 2.45) is 0 Å². The van der Waals surface area contributed by atoms with Gasteiger partial charge in [-0.25, -0.2) is 4.79 Å². The van der Waals surface area contributed by atoms with Gasteiger partial charge in [-0.05, 0) is 66.0 Å². The third-order valence-electron chi connectivity index (χ3n) is 7.67. The van der Waals surface area contributed by atoms with Gasteiger partial charge >= 0.3 is 5.69 Å². The van der Waals surface area contributed by atoms with Gasteiger partial charge in [0.05, 0.1) is 45.2 Å². The van der Waals surface area contributed by atoms with Gasteiger partial charge < -0.3 is 37.3 Å². The van der Waals surface area contributed by atoms with E-state index >= 15 is 0 Å². The number of phenolic OH excluding ortho intramolecular Hbond substituents is 1. The van der Waals surface area contributed by atoms with E-state index in [0.29, 0.717) is 22.3 Å². The number of aromatic hydroxyl groups is 1. The zero-order chi connectivity index (χ0) is 37.0. The van der Waals surface area contributed by atoms with Crippen molar-refractivity contribution in [3.05, 3.63) is 87.6 Å². The van der Waals surface area contributed by atoms with Gasteiger partial charge in [0, 0.05) is 21.8 Å². The van der Waals surface area contributed by atoms with Gasteiger partial charge in [0.25, 0.3) is 35.9 Å². The first-order valence-electron chi connectivity index (χ1n) is 14.2. The van der Waals surface area contributed by atoms with Crippen molar-refractivity contribution < 1.29 is 44.0 Å². The van der Waals surface area contributed by atoms with Crippen LogP contribution >= 0.6 is 0 Å². The number of hydrazine groups is 1. The van der Waals surface area contributed by atoms with E-state index in [9.17, 15) is 53.6 Å². The van der Waals surface area contributed by atoms with Crippen molar-refractivity contribution in [2.75, 3.05) is 33.9 Å². The lowest BCUT2D eigenvalue weighted by molar-refractivity contribution is 0.473. The van der Waals surface area contributed by atoms with Crippen molar-refractivity contribution in [3.8, 4) is 5.75 Å². The first-order valence-corrected chi connectivity index (χ1v) is 18.5. The lowest BCUT2D eigenvalue weighted by Crippen LogP contribution is -2.22. The molecule has 1 heterocycles. The zero-order valence-corrected chi connectivity index (χ0v) is 27.9. The van der Waals surface area contributed by atoms with Gasteiger partial charge in [-0.15, -0.1) is 0 Å². The average Bonchev–Trinajstić information content (AvgIpc) is 3.03. The molecule has 0 aliphatic carbocycles. The predicted molar refractivity (Wildman–Crippen MR) is 188 cm³/mol. The van der Waals surface area contributed by atoms with E-state index in [2.05, 4.69) is 31.5 Å². The normalized spacial score (nSPS) is 12.3. The molecule has 1 aromatic heterocycles. The van der Waals surface area contributed by atoms with Crippen molar-refractivity contribution >= 4 is 91.2 Å². The molecule has 6 rings (SSSR count). The Balaban J connectivity index is 1.34. The predicted octanol–water partition coefficient (Wildman–Crippen LogP) is 2.47. The lowest BCUT2D eigenvalue weighted by Gasteiger charge is -2.18. The molecule has 0 saturated carbocycles. The SMILES string of the molecule is Nc1cc2c(O)c(NCNc3ccc(NNc4ccc5[nH]c(=O)[nH]c(=O)c5c4)c4ccc(S(=O)(=O)O)cc34)c(S(=O)(=O)O)cc2cc1S(=O)(=O)O. The van der Waals surface area contributed by atoms with Crippen LogP contribution in [0.15, 0.2) is 91.0 Å². The summed E-state index contributed by atoms with van der Waals surface area (Å²) in [4.78, 5) is 26.4. The third kappa shape index (κ3) is 6.94. The van der Waals surface area contributed by atoms with Crippen LogP contribution in [-0.4, -0.2) is 60.7 Å². The molecule has 6 aromatic rings. The van der Waals surface area contributed by atoms with Gasteiger partial charge in [0.1, 0.15) is 15.5 Å².